The molecular weight excluding hydrogens is 435 g/mol. The molecule has 0 radical (unpaired) electrons. The van der Waals surface area contributed by atoms with Gasteiger partial charge in [-0.3, -0.25) is 14.5 Å². The summed E-state index contributed by atoms with van der Waals surface area (Å²) in [5, 5.41) is 0. The Bertz CT molecular complexity index is 1090. The van der Waals surface area contributed by atoms with E-state index in [0.717, 1.165) is 22.6 Å². The van der Waals surface area contributed by atoms with E-state index < -0.39 is 11.7 Å². The molecule has 0 bridgehead atoms. The molecule has 7 heteroatoms. The Balaban J connectivity index is 1.82. The van der Waals surface area contributed by atoms with E-state index in [2.05, 4.69) is 0 Å². The Kier molecular flexibility index (Phi) is 5.74. The van der Waals surface area contributed by atoms with Crippen LogP contribution in [0.4, 0.5) is 18.9 Å². The highest BCUT2D eigenvalue weighted by Crippen LogP contribution is 2.48. The molecule has 1 atom stereocenters. The predicted octanol–water partition coefficient (Wildman–Crippen LogP) is 6.59. The maximum Gasteiger partial charge on any atom is 0.416 e. The molecule has 0 fully saturated rings. The molecule has 4 rings (SSSR count). The van der Waals surface area contributed by atoms with Crippen LogP contribution in [0.3, 0.4) is 0 Å². The second kappa shape index (κ2) is 8.10. The average Bonchev–Trinajstić information content (AvgIpc) is 2.71. The molecule has 1 aliphatic heterocycles. The molecule has 2 aromatic rings. The highest BCUT2D eigenvalue weighted by atomic mass is 32.2. The molecule has 1 heterocycles. The number of ketones is 1. The summed E-state index contributed by atoms with van der Waals surface area (Å²) in [6.45, 7) is 3.95. The summed E-state index contributed by atoms with van der Waals surface area (Å²) in [5.41, 5.74) is 1.37. The zero-order valence-corrected chi connectivity index (χ0v) is 18.9. The summed E-state index contributed by atoms with van der Waals surface area (Å²) in [6, 6.07) is 12.4. The molecule has 0 N–H and O–H groups in total. The maximum absolute atomic E-state index is 13.3. The van der Waals surface area contributed by atoms with Gasteiger partial charge in [-0.25, -0.2) is 0 Å². The van der Waals surface area contributed by atoms with Gasteiger partial charge in [-0.1, -0.05) is 26.0 Å². The molecule has 0 aromatic heterocycles. The number of Topliss-reactive ketones (excluding diaryl/α,β-unsaturated/α-hetero) is 1. The molecule has 168 valence electrons. The topological polar surface area (TPSA) is 37.4 Å². The fraction of sp³-hybridized carbons (Fsp3) is 0.360. The Morgan fingerprint density at radius 2 is 1.59 bits per heavy atom. The third-order valence-electron chi connectivity index (χ3n) is 6.11. The summed E-state index contributed by atoms with van der Waals surface area (Å²) in [4.78, 5) is 29.1. The van der Waals surface area contributed by atoms with Crippen LogP contribution in [0.5, 0.6) is 0 Å². The number of rotatable bonds is 3. The lowest BCUT2D eigenvalue weighted by Gasteiger charge is -2.43. The average molecular weight is 460 g/mol. The molecule has 2 aliphatic rings. The van der Waals surface area contributed by atoms with Crippen molar-refractivity contribution in [2.45, 2.75) is 50.1 Å². The monoisotopic (exact) mass is 459 g/mol. The van der Waals surface area contributed by atoms with E-state index in [1.807, 2.05) is 44.4 Å². The number of hydrogen-bond acceptors (Lipinski definition) is 3. The van der Waals surface area contributed by atoms with Gasteiger partial charge in [-0.2, -0.15) is 13.2 Å². The standard InChI is InChI=1S/C25H24F3NO2S/c1-24(2)13-20-23(21(30)14-24)19(15-4-10-18(32-3)11-5-15)12-22(31)29(20)17-8-6-16(7-9-17)25(26,27)28/h4-11,19H,12-14H2,1-3H3. The molecule has 1 aliphatic carbocycles. The number of amides is 1. The normalized spacial score (nSPS) is 21.1. The molecular formula is C25H24F3NO2S. The molecule has 3 nitrogen and oxygen atoms in total. The number of thioether (sulfide) groups is 1. The quantitative estimate of drug-likeness (QED) is 0.486. The van der Waals surface area contributed by atoms with Crippen molar-refractivity contribution < 1.29 is 22.8 Å². The van der Waals surface area contributed by atoms with E-state index in [4.69, 9.17) is 0 Å². The van der Waals surface area contributed by atoms with Crippen molar-refractivity contribution in [1.29, 1.82) is 0 Å². The van der Waals surface area contributed by atoms with Crippen molar-refractivity contribution >= 4 is 29.1 Å². The van der Waals surface area contributed by atoms with Crippen molar-refractivity contribution in [2.24, 2.45) is 5.41 Å². The fourth-order valence-corrected chi connectivity index (χ4v) is 5.04. The third kappa shape index (κ3) is 4.22. The first-order valence-electron chi connectivity index (χ1n) is 10.4. The van der Waals surface area contributed by atoms with Crippen molar-refractivity contribution in [3.8, 4) is 0 Å². The van der Waals surface area contributed by atoms with Crippen LogP contribution in [0.15, 0.2) is 64.7 Å². The Labute approximate surface area is 189 Å². The third-order valence-corrected chi connectivity index (χ3v) is 6.86. The lowest BCUT2D eigenvalue weighted by molar-refractivity contribution is -0.137. The zero-order valence-electron chi connectivity index (χ0n) is 18.1. The molecule has 2 aromatic carbocycles. The van der Waals surface area contributed by atoms with Gasteiger partial charge in [0.25, 0.3) is 0 Å². The lowest BCUT2D eigenvalue weighted by Crippen LogP contribution is -2.43. The fourth-order valence-electron chi connectivity index (χ4n) is 4.64. The van der Waals surface area contributed by atoms with Crippen LogP contribution in [0.1, 0.15) is 50.2 Å². The Hall–Kier alpha value is -2.54. The second-order valence-corrected chi connectivity index (χ2v) is 9.98. The largest absolute Gasteiger partial charge is 0.416 e. The van der Waals surface area contributed by atoms with Gasteiger partial charge < -0.3 is 0 Å². The molecule has 32 heavy (non-hydrogen) atoms. The number of carbonyl (C=O) groups is 2. The highest BCUT2D eigenvalue weighted by molar-refractivity contribution is 7.98. The van der Waals surface area contributed by atoms with Gasteiger partial charge in [0.1, 0.15) is 0 Å². The molecule has 1 amide bonds. The number of hydrogen-bond donors (Lipinski definition) is 0. The van der Waals surface area contributed by atoms with Crippen molar-refractivity contribution in [3.05, 3.63) is 70.9 Å². The molecule has 0 saturated carbocycles. The number of carbonyl (C=O) groups excluding carboxylic acids is 2. The van der Waals surface area contributed by atoms with Gasteiger partial charge in [0.2, 0.25) is 5.91 Å². The number of halogens is 3. The first-order valence-corrected chi connectivity index (χ1v) is 11.6. The van der Waals surface area contributed by atoms with Crippen molar-refractivity contribution in [1.82, 2.24) is 0 Å². The van der Waals surface area contributed by atoms with E-state index >= 15 is 0 Å². The van der Waals surface area contributed by atoms with Gasteiger partial charge in [0, 0.05) is 40.6 Å². The number of alkyl halides is 3. The van der Waals surface area contributed by atoms with Crippen molar-refractivity contribution in [2.75, 3.05) is 11.2 Å². The van der Waals surface area contributed by atoms with Crippen LogP contribution in [0.2, 0.25) is 0 Å². The first kappa shape index (κ1) is 22.6. The van der Waals surface area contributed by atoms with Crippen LogP contribution >= 0.6 is 11.8 Å². The second-order valence-electron chi connectivity index (χ2n) is 9.10. The smallest absolute Gasteiger partial charge is 0.294 e. The van der Waals surface area contributed by atoms with Gasteiger partial charge in [-0.05, 0) is 60.1 Å². The van der Waals surface area contributed by atoms with E-state index in [1.54, 1.807) is 11.8 Å². The van der Waals surface area contributed by atoms with Crippen LogP contribution in [0.25, 0.3) is 0 Å². The lowest BCUT2D eigenvalue weighted by atomic mass is 9.69. The minimum atomic E-state index is -4.45. The molecule has 1 unspecified atom stereocenters. The molecule has 0 saturated heterocycles. The number of anilines is 1. The van der Waals surface area contributed by atoms with Gasteiger partial charge in [0.15, 0.2) is 5.78 Å². The van der Waals surface area contributed by atoms with Gasteiger partial charge in [0.05, 0.1) is 5.56 Å². The predicted molar refractivity (Wildman–Crippen MR) is 120 cm³/mol. The van der Waals surface area contributed by atoms with E-state index in [0.29, 0.717) is 29.8 Å². The number of benzene rings is 2. The van der Waals surface area contributed by atoms with Crippen LogP contribution in [-0.2, 0) is 15.8 Å². The molecule has 0 spiro atoms. The maximum atomic E-state index is 13.3. The Morgan fingerprint density at radius 1 is 0.969 bits per heavy atom. The summed E-state index contributed by atoms with van der Waals surface area (Å²) >= 11 is 1.61. The summed E-state index contributed by atoms with van der Waals surface area (Å²) in [7, 11) is 0. The highest BCUT2D eigenvalue weighted by Gasteiger charge is 2.44. The SMILES string of the molecule is CSc1ccc(C2CC(=O)N(c3ccc(C(F)(F)F)cc3)C3=C2C(=O)CC(C)(C)C3)cc1. The van der Waals surface area contributed by atoms with Crippen LogP contribution in [-0.4, -0.2) is 17.9 Å². The Morgan fingerprint density at radius 3 is 2.16 bits per heavy atom. The number of nitrogens with zero attached hydrogens (tertiary/aromatic N) is 1. The summed E-state index contributed by atoms with van der Waals surface area (Å²) in [5.74, 6) is -0.560. The summed E-state index contributed by atoms with van der Waals surface area (Å²) < 4.78 is 39.1. The zero-order chi connectivity index (χ0) is 23.3. The minimum Gasteiger partial charge on any atom is -0.294 e. The van der Waals surface area contributed by atoms with E-state index in [-0.39, 0.29) is 29.4 Å². The van der Waals surface area contributed by atoms with Crippen LogP contribution < -0.4 is 4.90 Å². The number of allylic oxidation sites excluding steroid dienone is 2. The van der Waals surface area contributed by atoms with E-state index in [1.165, 1.54) is 17.0 Å². The van der Waals surface area contributed by atoms with Gasteiger partial charge in [-0.15, -0.1) is 11.8 Å². The van der Waals surface area contributed by atoms with Crippen molar-refractivity contribution in [3.63, 3.8) is 0 Å². The summed E-state index contributed by atoms with van der Waals surface area (Å²) in [6.07, 6.45) is -1.49. The van der Waals surface area contributed by atoms with Gasteiger partial charge >= 0.3 is 6.18 Å². The minimum absolute atomic E-state index is 0.000366. The first-order chi connectivity index (χ1) is 15.0. The van der Waals surface area contributed by atoms with Crippen LogP contribution in [0, 0.1) is 5.41 Å². The van der Waals surface area contributed by atoms with E-state index in [9.17, 15) is 22.8 Å².